The molecule has 0 unspecified atom stereocenters. The van der Waals surface area contributed by atoms with Crippen LogP contribution in [0.15, 0.2) is 22.7 Å². The first kappa shape index (κ1) is 15.5. The number of anilines is 1. The Kier molecular flexibility index (Phi) is 3.91. The summed E-state index contributed by atoms with van der Waals surface area (Å²) >= 11 is 3.52. The largest absolute Gasteiger partial charge is 0.337 e. The van der Waals surface area contributed by atoms with E-state index in [0.717, 1.165) is 34.5 Å². The molecule has 2 N–H and O–H groups in total. The van der Waals surface area contributed by atoms with Crippen molar-refractivity contribution in [3.05, 3.63) is 28.2 Å². The highest BCUT2D eigenvalue weighted by Crippen LogP contribution is 2.59. The second kappa shape index (κ2) is 5.80. The third-order valence-corrected chi connectivity index (χ3v) is 6.82. The van der Waals surface area contributed by atoms with Crippen LogP contribution in [-0.2, 0) is 0 Å². The van der Waals surface area contributed by atoms with Crippen molar-refractivity contribution >= 4 is 27.6 Å². The number of urea groups is 1. The topological polar surface area (TPSA) is 41.1 Å². The Labute approximate surface area is 146 Å². The molecule has 124 valence electrons. The minimum atomic E-state index is -0.0784. The maximum Gasteiger partial charge on any atom is 0.319 e. The van der Waals surface area contributed by atoms with Crippen molar-refractivity contribution in [1.82, 2.24) is 5.32 Å². The SMILES string of the molecule is Cc1ccc(NC(=O)NCC23CC4CC(CC(C4)C2)C3)c(Br)c1. The maximum atomic E-state index is 12.3. The molecule has 0 spiro atoms. The van der Waals surface area contributed by atoms with Crippen LogP contribution in [0, 0.1) is 30.1 Å². The number of benzene rings is 1. The number of halogens is 1. The van der Waals surface area contributed by atoms with Crippen molar-refractivity contribution in [3.63, 3.8) is 0 Å². The summed E-state index contributed by atoms with van der Waals surface area (Å²) in [6, 6.07) is 5.91. The second-order valence-corrected chi connectivity index (χ2v) is 9.06. The number of hydrogen-bond donors (Lipinski definition) is 2. The van der Waals surface area contributed by atoms with Gasteiger partial charge >= 0.3 is 6.03 Å². The van der Waals surface area contributed by atoms with Gasteiger partial charge in [0.15, 0.2) is 0 Å². The van der Waals surface area contributed by atoms with Crippen molar-refractivity contribution in [2.24, 2.45) is 23.2 Å². The van der Waals surface area contributed by atoms with Crippen molar-refractivity contribution in [2.45, 2.75) is 45.4 Å². The van der Waals surface area contributed by atoms with E-state index in [1.54, 1.807) is 0 Å². The van der Waals surface area contributed by atoms with Gasteiger partial charge in [-0.05, 0) is 102 Å². The number of hydrogen-bond acceptors (Lipinski definition) is 1. The molecular formula is C19H25BrN2O. The fraction of sp³-hybridized carbons (Fsp3) is 0.632. The predicted molar refractivity (Wildman–Crippen MR) is 96.5 cm³/mol. The summed E-state index contributed by atoms with van der Waals surface area (Å²) < 4.78 is 0.933. The van der Waals surface area contributed by atoms with Crippen molar-refractivity contribution in [2.75, 3.05) is 11.9 Å². The lowest BCUT2D eigenvalue weighted by Gasteiger charge is -2.56. The van der Waals surface area contributed by atoms with Crippen LogP contribution in [0.3, 0.4) is 0 Å². The first-order valence-corrected chi connectivity index (χ1v) is 9.62. The molecule has 0 atom stereocenters. The summed E-state index contributed by atoms with van der Waals surface area (Å²) in [6.45, 7) is 2.88. The number of amides is 2. The lowest BCUT2D eigenvalue weighted by Crippen LogP contribution is -2.51. The molecule has 4 bridgehead atoms. The Hall–Kier alpha value is -1.03. The van der Waals surface area contributed by atoms with Gasteiger partial charge in [-0.2, -0.15) is 0 Å². The molecule has 2 amide bonds. The molecule has 0 aliphatic heterocycles. The summed E-state index contributed by atoms with van der Waals surface area (Å²) in [6.07, 6.45) is 8.32. The fourth-order valence-corrected chi connectivity index (χ4v) is 6.25. The lowest BCUT2D eigenvalue weighted by molar-refractivity contribution is -0.0496. The van der Waals surface area contributed by atoms with Gasteiger partial charge < -0.3 is 10.6 Å². The highest BCUT2D eigenvalue weighted by molar-refractivity contribution is 9.10. The van der Waals surface area contributed by atoms with Crippen molar-refractivity contribution < 1.29 is 4.79 Å². The van der Waals surface area contributed by atoms with Crippen LogP contribution >= 0.6 is 15.9 Å². The molecule has 4 aliphatic rings. The zero-order valence-corrected chi connectivity index (χ0v) is 15.3. The van der Waals surface area contributed by atoms with Gasteiger partial charge in [0.25, 0.3) is 0 Å². The van der Waals surface area contributed by atoms with E-state index >= 15 is 0 Å². The normalized spacial score (nSPS) is 34.4. The van der Waals surface area contributed by atoms with Gasteiger partial charge in [0, 0.05) is 11.0 Å². The van der Waals surface area contributed by atoms with Crippen molar-refractivity contribution in [3.8, 4) is 0 Å². The van der Waals surface area contributed by atoms with Crippen LogP contribution in [0.4, 0.5) is 10.5 Å². The van der Waals surface area contributed by atoms with Gasteiger partial charge in [-0.25, -0.2) is 4.79 Å². The van der Waals surface area contributed by atoms with E-state index in [1.807, 2.05) is 25.1 Å². The standard InChI is InChI=1S/C19H25BrN2O/c1-12-2-3-17(16(20)4-12)22-18(23)21-11-19-8-13-5-14(9-19)7-15(6-13)10-19/h2-4,13-15H,5-11H2,1H3,(H2,21,22,23). The van der Waals surface area contributed by atoms with E-state index in [2.05, 4.69) is 26.6 Å². The lowest BCUT2D eigenvalue weighted by atomic mass is 9.49. The van der Waals surface area contributed by atoms with Gasteiger partial charge in [-0.3, -0.25) is 0 Å². The number of rotatable bonds is 3. The predicted octanol–water partition coefficient (Wildman–Crippen LogP) is 5.10. The molecule has 0 radical (unpaired) electrons. The third kappa shape index (κ3) is 3.15. The molecular weight excluding hydrogens is 352 g/mol. The molecule has 0 heterocycles. The summed E-state index contributed by atoms with van der Waals surface area (Å²) in [5.41, 5.74) is 2.39. The molecule has 4 fully saturated rings. The zero-order chi connectivity index (χ0) is 16.0. The van der Waals surface area contributed by atoms with E-state index in [0.29, 0.717) is 5.41 Å². The Morgan fingerprint density at radius 2 is 1.78 bits per heavy atom. The Balaban J connectivity index is 1.36. The maximum absolute atomic E-state index is 12.3. The van der Waals surface area contributed by atoms with Crippen LogP contribution in [0.1, 0.15) is 44.1 Å². The molecule has 5 rings (SSSR count). The Bertz CT molecular complexity index is 593. The van der Waals surface area contributed by atoms with Crippen LogP contribution in [-0.4, -0.2) is 12.6 Å². The molecule has 1 aromatic rings. The van der Waals surface area contributed by atoms with Crippen LogP contribution in [0.25, 0.3) is 0 Å². The Morgan fingerprint density at radius 1 is 1.17 bits per heavy atom. The Morgan fingerprint density at radius 3 is 2.35 bits per heavy atom. The first-order valence-electron chi connectivity index (χ1n) is 8.82. The monoisotopic (exact) mass is 376 g/mol. The number of carbonyl (C=O) groups is 1. The smallest absolute Gasteiger partial charge is 0.319 e. The molecule has 4 saturated carbocycles. The van der Waals surface area contributed by atoms with Gasteiger partial charge in [0.05, 0.1) is 5.69 Å². The summed E-state index contributed by atoms with van der Waals surface area (Å²) in [4.78, 5) is 12.3. The third-order valence-electron chi connectivity index (χ3n) is 6.16. The van der Waals surface area contributed by atoms with Gasteiger partial charge in [-0.1, -0.05) is 6.07 Å². The summed E-state index contributed by atoms with van der Waals surface area (Å²) in [5, 5.41) is 6.13. The zero-order valence-electron chi connectivity index (χ0n) is 13.7. The summed E-state index contributed by atoms with van der Waals surface area (Å²) in [7, 11) is 0. The highest BCUT2D eigenvalue weighted by atomic mass is 79.9. The minimum Gasteiger partial charge on any atom is -0.337 e. The number of carbonyl (C=O) groups excluding carboxylic acids is 1. The van der Waals surface area contributed by atoms with Crippen LogP contribution < -0.4 is 10.6 Å². The average molecular weight is 377 g/mol. The number of aryl methyl sites for hydroxylation is 1. The molecule has 0 aromatic heterocycles. The molecule has 1 aromatic carbocycles. The van der Waals surface area contributed by atoms with Crippen LogP contribution in [0.2, 0.25) is 0 Å². The van der Waals surface area contributed by atoms with E-state index in [4.69, 9.17) is 0 Å². The van der Waals surface area contributed by atoms with Gasteiger partial charge in [-0.15, -0.1) is 0 Å². The van der Waals surface area contributed by atoms with E-state index in [9.17, 15) is 4.79 Å². The first-order chi connectivity index (χ1) is 11.0. The average Bonchev–Trinajstić information content (AvgIpc) is 2.47. The summed E-state index contributed by atoms with van der Waals surface area (Å²) in [5.74, 6) is 2.78. The molecule has 4 aliphatic carbocycles. The van der Waals surface area contributed by atoms with E-state index in [1.165, 1.54) is 44.1 Å². The minimum absolute atomic E-state index is 0.0784. The highest BCUT2D eigenvalue weighted by Gasteiger charge is 2.50. The second-order valence-electron chi connectivity index (χ2n) is 8.21. The fourth-order valence-electron chi connectivity index (χ4n) is 5.66. The van der Waals surface area contributed by atoms with Gasteiger partial charge in [0.1, 0.15) is 0 Å². The number of nitrogens with one attached hydrogen (secondary N) is 2. The van der Waals surface area contributed by atoms with Gasteiger partial charge in [0.2, 0.25) is 0 Å². The quantitative estimate of drug-likeness (QED) is 0.757. The van der Waals surface area contributed by atoms with Crippen molar-refractivity contribution in [1.29, 1.82) is 0 Å². The molecule has 3 nitrogen and oxygen atoms in total. The van der Waals surface area contributed by atoms with E-state index in [-0.39, 0.29) is 6.03 Å². The van der Waals surface area contributed by atoms with Crippen LogP contribution in [0.5, 0.6) is 0 Å². The molecule has 0 saturated heterocycles. The molecule has 4 heteroatoms. The van der Waals surface area contributed by atoms with E-state index < -0.39 is 0 Å². The molecule has 23 heavy (non-hydrogen) atoms.